The van der Waals surface area contributed by atoms with E-state index in [0.29, 0.717) is 0 Å². The molecule has 0 fully saturated rings. The van der Waals surface area contributed by atoms with Gasteiger partial charge < -0.3 is 0 Å². The molecule has 7 rings (SSSR count). The Balaban J connectivity index is 0.00000228. The van der Waals surface area contributed by atoms with Crippen LogP contribution < -0.4 is 10.9 Å². The fourth-order valence-electron chi connectivity index (χ4n) is 9.54. The number of anilines is 1. The molecule has 2 N–H and O–H groups in total. The van der Waals surface area contributed by atoms with Crippen LogP contribution in [0, 0.1) is 10.8 Å². The van der Waals surface area contributed by atoms with Crippen molar-refractivity contribution < 1.29 is 4.58 Å². The minimum Gasteiger partial charge on any atom is -0.283 e. The van der Waals surface area contributed by atoms with Crippen molar-refractivity contribution >= 4 is 17.5 Å². The monoisotopic (exact) mass is 695 g/mol. The lowest BCUT2D eigenvalue weighted by Crippen LogP contribution is -2.31. The molecular weight excluding hydrogens is 631 g/mol. The van der Waals surface area contributed by atoms with Gasteiger partial charge in [-0.3, -0.25) is 5.01 Å². The number of fused-ring (bicyclic) bond motifs is 5. The van der Waals surface area contributed by atoms with Gasteiger partial charge in [0.2, 0.25) is 5.70 Å². The number of rotatable bonds is 9. The molecule has 2 heterocycles. The molecule has 274 valence electrons. The van der Waals surface area contributed by atoms with Gasteiger partial charge in [-0.15, -0.1) is 6.58 Å². The van der Waals surface area contributed by atoms with Gasteiger partial charge >= 0.3 is 0 Å². The van der Waals surface area contributed by atoms with E-state index < -0.39 is 0 Å². The second-order valence-corrected chi connectivity index (χ2v) is 16.8. The van der Waals surface area contributed by atoms with Crippen molar-refractivity contribution in [3.05, 3.63) is 141 Å². The van der Waals surface area contributed by atoms with E-state index in [1.54, 1.807) is 0 Å². The normalized spacial score (nSPS) is 25.2. The number of unbranched alkanes of at least 4 members (excludes halogenated alkanes) is 2. The van der Waals surface area contributed by atoms with E-state index in [9.17, 15) is 0 Å². The van der Waals surface area contributed by atoms with E-state index in [1.807, 2.05) is 18.9 Å². The summed E-state index contributed by atoms with van der Waals surface area (Å²) in [6, 6.07) is 4.50. The maximum atomic E-state index is 6.83. The van der Waals surface area contributed by atoms with Gasteiger partial charge in [0, 0.05) is 34.6 Å². The third-order valence-corrected chi connectivity index (χ3v) is 12.5. The summed E-state index contributed by atoms with van der Waals surface area (Å²) >= 11 is 0. The van der Waals surface area contributed by atoms with Crippen LogP contribution >= 0.6 is 0 Å². The third-order valence-electron chi connectivity index (χ3n) is 12.5. The molecule has 0 spiro atoms. The first-order valence-electron chi connectivity index (χ1n) is 20.1. The minimum atomic E-state index is -0.160. The lowest BCUT2D eigenvalue weighted by Gasteiger charge is -2.35. The van der Waals surface area contributed by atoms with Crippen molar-refractivity contribution in [3.63, 3.8) is 0 Å². The number of hydrogen-bond donors (Lipinski definition) is 1. The van der Waals surface area contributed by atoms with E-state index in [1.165, 1.54) is 80.8 Å². The Morgan fingerprint density at radius 2 is 1.73 bits per heavy atom. The molecule has 1 atom stereocenters. The molecule has 6 aliphatic rings. The van der Waals surface area contributed by atoms with Crippen molar-refractivity contribution in [2.45, 2.75) is 126 Å². The van der Waals surface area contributed by atoms with E-state index >= 15 is 0 Å². The number of hydrogen-bond acceptors (Lipinski definition) is 2. The standard InChI is InChI=1S/C47H58N3.C2H6/c1-32(2)16-10-9-15-31-49-39-28-30-47(8)29-14-13-19-38(47)44(39)45(4,5)41(49)26-23-34-20-21-35(33(34)3)24-27-42-46(6,7)43-37-18-12-11-17-36(37)22-25-40(43)50(42)48;1-2/h12-14,18-19,22-29H,1,9-11,15-17,20-21,30-31,48H2,2-8H3;1-2H3/q+1;. The first-order valence-corrected chi connectivity index (χ1v) is 20.1. The van der Waals surface area contributed by atoms with Gasteiger partial charge in [0.05, 0.1) is 11.1 Å². The molecule has 3 nitrogen and oxygen atoms in total. The summed E-state index contributed by atoms with van der Waals surface area (Å²) in [6.07, 6.45) is 36.1. The van der Waals surface area contributed by atoms with Crippen molar-refractivity contribution in [2.24, 2.45) is 16.7 Å². The number of nitrogens with zero attached hydrogens (tertiary/aromatic N) is 2. The van der Waals surface area contributed by atoms with Crippen LogP contribution in [-0.2, 0) is 11.8 Å². The number of hydrazine groups is 1. The van der Waals surface area contributed by atoms with Crippen LogP contribution in [0.1, 0.15) is 130 Å². The van der Waals surface area contributed by atoms with E-state index in [0.717, 1.165) is 56.5 Å². The van der Waals surface area contributed by atoms with E-state index in [-0.39, 0.29) is 16.2 Å². The second-order valence-electron chi connectivity index (χ2n) is 16.8. The number of aryl methyl sites for hydroxylation is 1. The Hall–Kier alpha value is -3.95. The Morgan fingerprint density at radius 1 is 0.942 bits per heavy atom. The van der Waals surface area contributed by atoms with Gasteiger partial charge in [0.1, 0.15) is 6.54 Å². The Kier molecular flexibility index (Phi) is 10.8. The topological polar surface area (TPSA) is 32.3 Å². The summed E-state index contributed by atoms with van der Waals surface area (Å²) in [5.74, 6) is 6.83. The predicted octanol–water partition coefficient (Wildman–Crippen LogP) is 12.5. The number of allylic oxidation sites excluding steroid dienone is 17. The molecule has 2 aliphatic heterocycles. The van der Waals surface area contributed by atoms with Crippen molar-refractivity contribution in [1.29, 1.82) is 0 Å². The van der Waals surface area contributed by atoms with Gasteiger partial charge in [0.25, 0.3) is 0 Å². The van der Waals surface area contributed by atoms with Crippen LogP contribution in [-0.4, -0.2) is 16.8 Å². The van der Waals surface area contributed by atoms with E-state index in [2.05, 4.69) is 139 Å². The molecule has 1 unspecified atom stereocenters. The largest absolute Gasteiger partial charge is 0.283 e. The van der Waals surface area contributed by atoms with Gasteiger partial charge in [-0.1, -0.05) is 94.9 Å². The van der Waals surface area contributed by atoms with Gasteiger partial charge in [0.15, 0.2) is 5.71 Å². The highest BCUT2D eigenvalue weighted by Crippen LogP contribution is 2.53. The van der Waals surface area contributed by atoms with Crippen molar-refractivity contribution in [3.8, 4) is 0 Å². The van der Waals surface area contributed by atoms with Crippen LogP contribution in [0.3, 0.4) is 0 Å². The molecule has 1 aromatic rings. The molecule has 52 heavy (non-hydrogen) atoms. The summed E-state index contributed by atoms with van der Waals surface area (Å²) < 4.78 is 2.67. The van der Waals surface area contributed by atoms with Gasteiger partial charge in [-0.05, 0) is 136 Å². The summed E-state index contributed by atoms with van der Waals surface area (Å²) in [4.78, 5) is 0. The molecule has 0 amide bonds. The second kappa shape index (κ2) is 14.8. The molecule has 0 bridgehead atoms. The van der Waals surface area contributed by atoms with Crippen molar-refractivity contribution in [1.82, 2.24) is 0 Å². The van der Waals surface area contributed by atoms with Gasteiger partial charge in [-0.25, -0.2) is 5.84 Å². The third kappa shape index (κ3) is 6.59. The van der Waals surface area contributed by atoms with Crippen LogP contribution in [0.15, 0.2) is 124 Å². The lowest BCUT2D eigenvalue weighted by atomic mass is 9.66. The van der Waals surface area contributed by atoms with E-state index in [4.69, 9.17) is 5.84 Å². The Morgan fingerprint density at radius 3 is 2.50 bits per heavy atom. The zero-order chi connectivity index (χ0) is 37.4. The maximum absolute atomic E-state index is 6.83. The maximum Gasteiger partial charge on any atom is 0.206 e. The van der Waals surface area contributed by atoms with Gasteiger partial charge in [-0.2, -0.15) is 4.58 Å². The summed E-state index contributed by atoms with van der Waals surface area (Å²) in [5.41, 5.74) is 17.7. The number of benzene rings is 1. The summed E-state index contributed by atoms with van der Waals surface area (Å²) in [6.45, 7) is 25.6. The first kappa shape index (κ1) is 37.8. The summed E-state index contributed by atoms with van der Waals surface area (Å²) in [7, 11) is 0. The smallest absolute Gasteiger partial charge is 0.206 e. The Labute approximate surface area is 315 Å². The molecule has 3 heteroatoms. The highest BCUT2D eigenvalue weighted by Gasteiger charge is 2.52. The minimum absolute atomic E-state index is 0.0698. The highest BCUT2D eigenvalue weighted by molar-refractivity contribution is 6.01. The SMILES string of the molecule is C=C(C)CCCCC[N+]1=C(/C=C/C2=C(C)C(=C/C=C3/N(N)c4ccc5c(c4C3(C)C)C=CCC5)/CC2)C(C)(C)C2=C3C=CC=CC3(C)CC=C21.CC. The quantitative estimate of drug-likeness (QED) is 0.121. The zero-order valence-corrected chi connectivity index (χ0v) is 33.8. The van der Waals surface area contributed by atoms with Crippen LogP contribution in [0.2, 0.25) is 0 Å². The average molecular weight is 695 g/mol. The van der Waals surface area contributed by atoms with Crippen molar-refractivity contribution in [2.75, 3.05) is 11.6 Å². The highest BCUT2D eigenvalue weighted by atomic mass is 15.4. The molecule has 0 saturated carbocycles. The molecule has 0 saturated heterocycles. The predicted molar refractivity (Wildman–Crippen MR) is 225 cm³/mol. The molecule has 4 aliphatic carbocycles. The van der Waals surface area contributed by atoms with Crippen LogP contribution in [0.5, 0.6) is 0 Å². The fourth-order valence-corrected chi connectivity index (χ4v) is 9.54. The molecule has 0 radical (unpaired) electrons. The summed E-state index contributed by atoms with van der Waals surface area (Å²) in [5, 5.41) is 1.93. The van der Waals surface area contributed by atoms with Crippen LogP contribution in [0.25, 0.3) is 6.08 Å². The Bertz CT molecular complexity index is 1950. The zero-order valence-electron chi connectivity index (χ0n) is 33.8. The number of nitrogens with two attached hydrogens (primary N) is 1. The molecule has 0 aromatic heterocycles. The fraction of sp³-hybridized carbons (Fsp3) is 0.449. The average Bonchev–Trinajstić information content (AvgIpc) is 3.65. The van der Waals surface area contributed by atoms with Crippen LogP contribution in [0.4, 0.5) is 5.69 Å². The molecular formula is C49H64N3+. The molecule has 1 aromatic carbocycles. The lowest BCUT2D eigenvalue weighted by molar-refractivity contribution is -0.469. The first-order chi connectivity index (χ1) is 24.8.